The van der Waals surface area contributed by atoms with Crippen molar-refractivity contribution in [2.24, 2.45) is 0 Å². The summed E-state index contributed by atoms with van der Waals surface area (Å²) in [5, 5.41) is 4.65. The highest BCUT2D eigenvalue weighted by molar-refractivity contribution is 6.35. The quantitative estimate of drug-likeness (QED) is 0.821. The first-order valence-corrected chi connectivity index (χ1v) is 8.08. The number of nitrogens with zero attached hydrogens (tertiary/aromatic N) is 3. The van der Waals surface area contributed by atoms with Gasteiger partial charge in [0.2, 0.25) is 6.39 Å². The predicted octanol–water partition coefficient (Wildman–Crippen LogP) is 2.74. The number of hydrogen-bond acceptors (Lipinski definition) is 6. The number of ether oxygens (including phenoxy) is 2. The lowest BCUT2D eigenvalue weighted by Crippen LogP contribution is -2.48. The number of morpholine rings is 1. The first kappa shape index (κ1) is 17.0. The fourth-order valence-electron chi connectivity index (χ4n) is 2.45. The maximum atomic E-state index is 12.8. The number of carbonyl (C=O) groups is 1. The minimum atomic E-state index is -0.740. The van der Waals surface area contributed by atoms with Gasteiger partial charge in [-0.2, -0.15) is 4.98 Å². The average molecular weight is 372 g/mol. The molecule has 0 saturated carbocycles. The van der Waals surface area contributed by atoms with Gasteiger partial charge >= 0.3 is 0 Å². The molecule has 1 saturated heterocycles. The lowest BCUT2D eigenvalue weighted by molar-refractivity contribution is -0.147. The normalized spacial score (nSPS) is 19.1. The van der Waals surface area contributed by atoms with Crippen LogP contribution in [-0.4, -0.2) is 46.8 Å². The van der Waals surface area contributed by atoms with Crippen LogP contribution in [0.1, 0.15) is 18.8 Å². The van der Waals surface area contributed by atoms with Crippen LogP contribution in [0.5, 0.6) is 5.75 Å². The van der Waals surface area contributed by atoms with Crippen LogP contribution in [0.3, 0.4) is 0 Å². The standard InChI is InChI=1S/C15H15Cl2N3O4/c1-9(24-13-3-2-10(16)6-11(13)17)15(21)20-4-5-22-7-12(20)14-18-8-23-19-14/h2-3,6,8-9,12H,4-5,7H2,1H3. The largest absolute Gasteiger partial charge is 0.479 e. The van der Waals surface area contributed by atoms with Gasteiger partial charge in [-0.3, -0.25) is 4.79 Å². The molecule has 3 rings (SSSR count). The molecule has 1 fully saturated rings. The Morgan fingerprint density at radius 1 is 1.46 bits per heavy atom. The van der Waals surface area contributed by atoms with Gasteiger partial charge in [-0.05, 0) is 25.1 Å². The van der Waals surface area contributed by atoms with Crippen LogP contribution in [0.15, 0.2) is 29.1 Å². The Labute approximate surface area is 148 Å². The Hall–Kier alpha value is -1.83. The molecular formula is C15H15Cl2N3O4. The number of hydrogen-bond donors (Lipinski definition) is 0. The summed E-state index contributed by atoms with van der Waals surface area (Å²) in [4.78, 5) is 18.4. The first-order chi connectivity index (χ1) is 11.6. The summed E-state index contributed by atoms with van der Waals surface area (Å²) < 4.78 is 15.9. The number of benzene rings is 1. The number of halogens is 2. The summed E-state index contributed by atoms with van der Waals surface area (Å²) in [6.45, 7) is 2.82. The van der Waals surface area contributed by atoms with Crippen molar-refractivity contribution in [3.8, 4) is 5.75 Å². The Morgan fingerprint density at radius 2 is 2.29 bits per heavy atom. The van der Waals surface area contributed by atoms with Crippen molar-refractivity contribution in [2.75, 3.05) is 19.8 Å². The van der Waals surface area contributed by atoms with Gasteiger partial charge in [0.15, 0.2) is 11.9 Å². The highest BCUT2D eigenvalue weighted by atomic mass is 35.5. The van der Waals surface area contributed by atoms with Gasteiger partial charge in [-0.1, -0.05) is 28.4 Å². The number of carbonyl (C=O) groups excluding carboxylic acids is 1. The summed E-state index contributed by atoms with van der Waals surface area (Å²) in [6, 6.07) is 4.44. The molecule has 0 spiro atoms. The van der Waals surface area contributed by atoms with E-state index in [2.05, 4.69) is 10.1 Å². The maximum Gasteiger partial charge on any atom is 0.264 e. The van der Waals surface area contributed by atoms with Crippen LogP contribution >= 0.6 is 23.2 Å². The molecule has 2 unspecified atom stereocenters. The van der Waals surface area contributed by atoms with E-state index < -0.39 is 12.1 Å². The number of aromatic nitrogens is 2. The molecule has 2 heterocycles. The van der Waals surface area contributed by atoms with Crippen LogP contribution < -0.4 is 4.74 Å². The van der Waals surface area contributed by atoms with Gasteiger partial charge in [0.05, 0.1) is 18.2 Å². The molecule has 1 aliphatic rings. The van der Waals surface area contributed by atoms with Crippen molar-refractivity contribution in [3.63, 3.8) is 0 Å². The molecule has 1 aromatic carbocycles. The fourth-order valence-corrected chi connectivity index (χ4v) is 2.91. The summed E-state index contributed by atoms with van der Waals surface area (Å²) in [5.74, 6) is 0.588. The van der Waals surface area contributed by atoms with E-state index in [9.17, 15) is 4.79 Å². The third kappa shape index (κ3) is 3.63. The van der Waals surface area contributed by atoms with E-state index in [1.54, 1.807) is 30.0 Å². The van der Waals surface area contributed by atoms with Crippen LogP contribution in [0.25, 0.3) is 0 Å². The maximum absolute atomic E-state index is 12.8. The molecular weight excluding hydrogens is 357 g/mol. The molecule has 24 heavy (non-hydrogen) atoms. The molecule has 0 radical (unpaired) electrons. The van der Waals surface area contributed by atoms with Gasteiger partial charge in [0.1, 0.15) is 11.8 Å². The number of amides is 1. The van der Waals surface area contributed by atoms with Gasteiger partial charge in [-0.15, -0.1) is 0 Å². The average Bonchev–Trinajstić information content (AvgIpc) is 3.11. The first-order valence-electron chi connectivity index (χ1n) is 7.32. The molecule has 0 bridgehead atoms. The van der Waals surface area contributed by atoms with Crippen molar-refractivity contribution in [2.45, 2.75) is 19.1 Å². The molecule has 1 aliphatic heterocycles. The Morgan fingerprint density at radius 3 is 3.00 bits per heavy atom. The van der Waals surface area contributed by atoms with Crippen LogP contribution in [-0.2, 0) is 9.53 Å². The summed E-state index contributed by atoms with van der Waals surface area (Å²) >= 11 is 11.9. The second kappa shape index (κ2) is 7.38. The van der Waals surface area contributed by atoms with Crippen LogP contribution in [0.4, 0.5) is 0 Å². The zero-order chi connectivity index (χ0) is 17.1. The van der Waals surface area contributed by atoms with E-state index in [1.165, 1.54) is 6.39 Å². The summed E-state index contributed by atoms with van der Waals surface area (Å²) in [7, 11) is 0. The fraction of sp³-hybridized carbons (Fsp3) is 0.400. The topological polar surface area (TPSA) is 77.7 Å². The van der Waals surface area contributed by atoms with Crippen molar-refractivity contribution in [3.05, 3.63) is 40.5 Å². The van der Waals surface area contributed by atoms with Gasteiger partial charge in [-0.25, -0.2) is 0 Å². The molecule has 0 aliphatic carbocycles. The lowest BCUT2D eigenvalue weighted by Gasteiger charge is -2.35. The van der Waals surface area contributed by atoms with Crippen LogP contribution in [0, 0.1) is 0 Å². The van der Waals surface area contributed by atoms with E-state index in [-0.39, 0.29) is 5.91 Å². The minimum absolute atomic E-state index is 0.209. The van der Waals surface area contributed by atoms with Crippen molar-refractivity contribution >= 4 is 29.1 Å². The molecule has 2 aromatic rings. The summed E-state index contributed by atoms with van der Waals surface area (Å²) in [5.41, 5.74) is 0. The van der Waals surface area contributed by atoms with Crippen LogP contribution in [0.2, 0.25) is 10.0 Å². The SMILES string of the molecule is CC(Oc1ccc(Cl)cc1Cl)C(=O)N1CCOCC1c1ncon1. The van der Waals surface area contributed by atoms with E-state index in [1.807, 2.05) is 0 Å². The van der Waals surface area contributed by atoms with E-state index in [4.69, 9.17) is 37.2 Å². The highest BCUT2D eigenvalue weighted by Crippen LogP contribution is 2.29. The smallest absolute Gasteiger partial charge is 0.264 e. The third-order valence-electron chi connectivity index (χ3n) is 3.63. The molecule has 9 heteroatoms. The highest BCUT2D eigenvalue weighted by Gasteiger charge is 2.34. The summed E-state index contributed by atoms with van der Waals surface area (Å²) in [6.07, 6.45) is 0.483. The van der Waals surface area contributed by atoms with Gasteiger partial charge in [0, 0.05) is 11.6 Å². The van der Waals surface area contributed by atoms with Gasteiger partial charge < -0.3 is 18.9 Å². The molecule has 128 valence electrons. The number of rotatable bonds is 4. The van der Waals surface area contributed by atoms with Crippen molar-refractivity contribution in [1.82, 2.24) is 15.0 Å². The molecule has 7 nitrogen and oxygen atoms in total. The Bertz CT molecular complexity index is 711. The lowest BCUT2D eigenvalue weighted by atomic mass is 10.2. The zero-order valence-electron chi connectivity index (χ0n) is 12.8. The molecule has 0 N–H and O–H groups in total. The Kier molecular flexibility index (Phi) is 5.23. The van der Waals surface area contributed by atoms with E-state index in [0.717, 1.165) is 0 Å². The van der Waals surface area contributed by atoms with E-state index >= 15 is 0 Å². The zero-order valence-corrected chi connectivity index (χ0v) is 14.3. The molecule has 2 atom stereocenters. The van der Waals surface area contributed by atoms with Crippen molar-refractivity contribution in [1.29, 1.82) is 0 Å². The van der Waals surface area contributed by atoms with E-state index in [0.29, 0.717) is 41.4 Å². The third-order valence-corrected chi connectivity index (χ3v) is 4.16. The second-order valence-electron chi connectivity index (χ2n) is 5.25. The Balaban J connectivity index is 1.73. The monoisotopic (exact) mass is 371 g/mol. The second-order valence-corrected chi connectivity index (χ2v) is 6.09. The minimum Gasteiger partial charge on any atom is -0.479 e. The predicted molar refractivity (Wildman–Crippen MR) is 86.1 cm³/mol. The van der Waals surface area contributed by atoms with Gasteiger partial charge in [0.25, 0.3) is 5.91 Å². The molecule has 1 amide bonds. The van der Waals surface area contributed by atoms with Crippen molar-refractivity contribution < 1.29 is 18.8 Å². The molecule has 1 aromatic heterocycles.